The van der Waals surface area contributed by atoms with Gasteiger partial charge in [0.1, 0.15) is 22.5 Å². The molecule has 1 heterocycles. The van der Waals surface area contributed by atoms with Gasteiger partial charge in [-0.1, -0.05) is 32.0 Å². The fourth-order valence-electron chi connectivity index (χ4n) is 2.91. The molecular formula is C20H23N3O3. The summed E-state index contributed by atoms with van der Waals surface area (Å²) in [6, 6.07) is 11.4. The average Bonchev–Trinajstić information content (AvgIpc) is 3.10. The Morgan fingerprint density at radius 3 is 2.46 bits per heavy atom. The minimum Gasteiger partial charge on any atom is -0.505 e. The summed E-state index contributed by atoms with van der Waals surface area (Å²) in [5, 5.41) is 19.8. The first-order chi connectivity index (χ1) is 12.5. The molecule has 0 fully saturated rings. The van der Waals surface area contributed by atoms with E-state index in [1.54, 1.807) is 0 Å². The predicted octanol–water partition coefficient (Wildman–Crippen LogP) is 3.75. The molecule has 0 spiro atoms. The molecule has 6 nitrogen and oxygen atoms in total. The van der Waals surface area contributed by atoms with Gasteiger partial charge in [0.15, 0.2) is 0 Å². The monoisotopic (exact) mass is 353 g/mol. The van der Waals surface area contributed by atoms with Gasteiger partial charge in [-0.2, -0.15) is 0 Å². The molecule has 6 heteroatoms. The van der Waals surface area contributed by atoms with Crippen LogP contribution in [0.15, 0.2) is 36.4 Å². The Morgan fingerprint density at radius 2 is 1.88 bits per heavy atom. The zero-order chi connectivity index (χ0) is 18.7. The molecule has 0 aliphatic heterocycles. The second kappa shape index (κ2) is 7.56. The van der Waals surface area contributed by atoms with Crippen molar-refractivity contribution >= 4 is 17.0 Å². The van der Waals surface area contributed by atoms with Crippen LogP contribution in [0.4, 0.5) is 0 Å². The number of fused-ring (bicyclic) bond motifs is 1. The third-order valence-corrected chi connectivity index (χ3v) is 4.67. The molecule has 26 heavy (non-hydrogen) atoms. The Balaban J connectivity index is 2.08. The van der Waals surface area contributed by atoms with Gasteiger partial charge in [0.2, 0.25) is 0 Å². The van der Waals surface area contributed by atoms with Gasteiger partial charge < -0.3 is 9.84 Å². The molecule has 2 aromatic carbocycles. The van der Waals surface area contributed by atoms with Gasteiger partial charge in [0.25, 0.3) is 0 Å². The van der Waals surface area contributed by atoms with E-state index >= 15 is 0 Å². The van der Waals surface area contributed by atoms with Crippen LogP contribution in [0.25, 0.3) is 16.7 Å². The number of esters is 1. The lowest BCUT2D eigenvalue weighted by molar-refractivity contribution is -0.140. The van der Waals surface area contributed by atoms with Crippen molar-refractivity contribution in [2.45, 2.75) is 39.0 Å². The summed E-state index contributed by atoms with van der Waals surface area (Å²) < 4.78 is 4.73. The highest BCUT2D eigenvalue weighted by atomic mass is 16.5. The number of phenolic OH excluding ortho intramolecular Hbond substituents is 1. The summed E-state index contributed by atoms with van der Waals surface area (Å²) in [6.07, 6.45) is 1.71. The molecule has 0 aliphatic rings. The van der Waals surface area contributed by atoms with E-state index in [0.717, 1.165) is 28.6 Å². The van der Waals surface area contributed by atoms with Crippen LogP contribution in [0.1, 0.15) is 43.7 Å². The summed E-state index contributed by atoms with van der Waals surface area (Å²) in [4.78, 5) is 13.0. The second-order valence-corrected chi connectivity index (χ2v) is 6.42. The van der Waals surface area contributed by atoms with Gasteiger partial charge >= 0.3 is 5.97 Å². The molecule has 0 bridgehead atoms. The number of aromatic hydroxyl groups is 1. The van der Waals surface area contributed by atoms with Crippen LogP contribution in [0.5, 0.6) is 5.75 Å². The number of rotatable bonds is 6. The fourth-order valence-corrected chi connectivity index (χ4v) is 2.91. The number of ether oxygens (including phenoxy) is 1. The first-order valence-corrected chi connectivity index (χ1v) is 8.78. The number of nitrogens with zero attached hydrogens (tertiary/aromatic N) is 3. The topological polar surface area (TPSA) is 77.2 Å². The molecule has 3 rings (SSSR count). The Hall–Kier alpha value is -2.89. The van der Waals surface area contributed by atoms with Crippen molar-refractivity contribution in [1.82, 2.24) is 15.0 Å². The van der Waals surface area contributed by atoms with Crippen LogP contribution in [0.2, 0.25) is 0 Å². The van der Waals surface area contributed by atoms with Crippen LogP contribution in [0, 0.1) is 0 Å². The lowest BCUT2D eigenvalue weighted by Crippen LogP contribution is -2.06. The number of carbonyl (C=O) groups is 1. The molecule has 0 radical (unpaired) electrons. The van der Waals surface area contributed by atoms with Crippen LogP contribution in [-0.2, 0) is 16.0 Å². The van der Waals surface area contributed by atoms with Gasteiger partial charge in [0.05, 0.1) is 7.11 Å². The maximum atomic E-state index is 11.5. The van der Waals surface area contributed by atoms with E-state index in [4.69, 9.17) is 4.74 Å². The van der Waals surface area contributed by atoms with Crippen molar-refractivity contribution in [3.63, 3.8) is 0 Å². The minimum absolute atomic E-state index is 0.178. The smallest absolute Gasteiger partial charge is 0.305 e. The quantitative estimate of drug-likeness (QED) is 0.683. The number of benzene rings is 2. The lowest BCUT2D eigenvalue weighted by Gasteiger charge is -2.16. The summed E-state index contributed by atoms with van der Waals surface area (Å²) in [5.74, 6) is 0.103. The van der Waals surface area contributed by atoms with Crippen molar-refractivity contribution in [1.29, 1.82) is 0 Å². The zero-order valence-corrected chi connectivity index (χ0v) is 15.3. The van der Waals surface area contributed by atoms with E-state index in [1.165, 1.54) is 11.9 Å². The Bertz CT molecular complexity index is 900. The van der Waals surface area contributed by atoms with Gasteiger partial charge in [-0.3, -0.25) is 4.79 Å². The first-order valence-electron chi connectivity index (χ1n) is 8.78. The van der Waals surface area contributed by atoms with Crippen LogP contribution in [0.3, 0.4) is 0 Å². The van der Waals surface area contributed by atoms with Crippen LogP contribution in [-0.4, -0.2) is 33.2 Å². The maximum Gasteiger partial charge on any atom is 0.305 e. The highest BCUT2D eigenvalue weighted by Crippen LogP contribution is 2.34. The molecule has 1 N–H and O–H groups in total. The largest absolute Gasteiger partial charge is 0.505 e. The van der Waals surface area contributed by atoms with Crippen molar-refractivity contribution in [2.75, 3.05) is 7.11 Å². The number of aromatic nitrogens is 3. The van der Waals surface area contributed by atoms with Gasteiger partial charge in [-0.15, -0.1) is 15.0 Å². The zero-order valence-electron chi connectivity index (χ0n) is 15.3. The fraction of sp³-hybridized carbons (Fsp3) is 0.350. The highest BCUT2D eigenvalue weighted by molar-refractivity contribution is 5.74. The molecule has 0 saturated carbocycles. The molecule has 3 aromatic rings. The predicted molar refractivity (Wildman–Crippen MR) is 99.6 cm³/mol. The number of methoxy groups -OCH3 is 1. The van der Waals surface area contributed by atoms with E-state index in [9.17, 15) is 9.90 Å². The molecule has 1 unspecified atom stereocenters. The molecule has 0 amide bonds. The Labute approximate surface area is 152 Å². The second-order valence-electron chi connectivity index (χ2n) is 6.42. The van der Waals surface area contributed by atoms with E-state index in [0.29, 0.717) is 12.1 Å². The number of aryl methyl sites for hydroxylation is 1. The summed E-state index contributed by atoms with van der Waals surface area (Å²) >= 11 is 0. The average molecular weight is 353 g/mol. The third kappa shape index (κ3) is 3.54. The number of hydrogen-bond donors (Lipinski definition) is 1. The van der Waals surface area contributed by atoms with E-state index in [1.807, 2.05) is 36.4 Å². The molecule has 0 aliphatic carbocycles. The first kappa shape index (κ1) is 17.9. The Morgan fingerprint density at radius 1 is 1.23 bits per heavy atom. The molecule has 1 atom stereocenters. The lowest BCUT2D eigenvalue weighted by atomic mass is 9.93. The van der Waals surface area contributed by atoms with Gasteiger partial charge in [0, 0.05) is 6.42 Å². The van der Waals surface area contributed by atoms with E-state index < -0.39 is 0 Å². The van der Waals surface area contributed by atoms with Gasteiger partial charge in [-0.05, 0) is 48.1 Å². The number of phenols is 1. The number of carbonyl (C=O) groups excluding carboxylic acids is 1. The highest BCUT2D eigenvalue weighted by Gasteiger charge is 2.18. The SMILES string of the molecule is CCC(C)c1cc(CCC(=O)OC)cc(-n2nc3ccccc3n2)c1O. The minimum atomic E-state index is -0.257. The maximum absolute atomic E-state index is 11.5. The van der Waals surface area contributed by atoms with Gasteiger partial charge in [-0.25, -0.2) is 0 Å². The molecule has 1 aromatic heterocycles. The normalized spacial score (nSPS) is 12.3. The van der Waals surface area contributed by atoms with Crippen LogP contribution < -0.4 is 0 Å². The summed E-state index contributed by atoms with van der Waals surface area (Å²) in [6.45, 7) is 4.14. The standard InChI is InChI=1S/C20H23N3O3/c1-4-13(2)15-11-14(9-10-19(24)26-3)12-18(20(15)25)23-21-16-7-5-6-8-17(16)22-23/h5-8,11-13,25H,4,9-10H2,1-3H3. The summed E-state index contributed by atoms with van der Waals surface area (Å²) in [7, 11) is 1.38. The van der Waals surface area contributed by atoms with Crippen molar-refractivity contribution in [3.05, 3.63) is 47.5 Å². The Kier molecular flexibility index (Phi) is 5.21. The molecule has 0 saturated heterocycles. The summed E-state index contributed by atoms with van der Waals surface area (Å²) in [5.41, 5.74) is 3.83. The van der Waals surface area contributed by atoms with E-state index in [-0.39, 0.29) is 24.1 Å². The molecular weight excluding hydrogens is 330 g/mol. The third-order valence-electron chi connectivity index (χ3n) is 4.67. The number of hydrogen-bond acceptors (Lipinski definition) is 5. The van der Waals surface area contributed by atoms with Crippen LogP contribution >= 0.6 is 0 Å². The van der Waals surface area contributed by atoms with Crippen molar-refractivity contribution in [2.24, 2.45) is 0 Å². The van der Waals surface area contributed by atoms with Crippen molar-refractivity contribution < 1.29 is 14.6 Å². The van der Waals surface area contributed by atoms with E-state index in [2.05, 4.69) is 24.0 Å². The molecule has 136 valence electrons. The van der Waals surface area contributed by atoms with Crippen molar-refractivity contribution in [3.8, 4) is 11.4 Å².